The molecule has 0 radical (unpaired) electrons. The zero-order valence-corrected chi connectivity index (χ0v) is 11.6. The summed E-state index contributed by atoms with van der Waals surface area (Å²) < 4.78 is 40.9. The van der Waals surface area contributed by atoms with Gasteiger partial charge in [0.05, 0.1) is 5.56 Å². The second kappa shape index (κ2) is 6.67. The van der Waals surface area contributed by atoms with Gasteiger partial charge >= 0.3 is 6.36 Å². The fraction of sp³-hybridized carbons (Fsp3) is 0.429. The van der Waals surface area contributed by atoms with Crippen molar-refractivity contribution in [1.29, 1.82) is 0 Å². The van der Waals surface area contributed by atoms with Gasteiger partial charge in [-0.1, -0.05) is 12.1 Å². The van der Waals surface area contributed by atoms with Crippen LogP contribution in [0.2, 0.25) is 0 Å². The normalized spacial score (nSPS) is 19.0. The second-order valence-electron chi connectivity index (χ2n) is 4.89. The van der Waals surface area contributed by atoms with Crippen molar-refractivity contribution in [3.8, 4) is 5.75 Å². The third kappa shape index (κ3) is 4.64. The molecule has 2 amide bonds. The minimum Gasteiger partial charge on any atom is -0.405 e. The van der Waals surface area contributed by atoms with Crippen molar-refractivity contribution in [2.45, 2.75) is 31.7 Å². The molecule has 2 rings (SSSR count). The fourth-order valence-corrected chi connectivity index (χ4v) is 2.20. The average molecular weight is 316 g/mol. The molecule has 0 aromatic heterocycles. The molecule has 0 aliphatic carbocycles. The van der Waals surface area contributed by atoms with Gasteiger partial charge < -0.3 is 15.4 Å². The molecule has 1 fully saturated rings. The van der Waals surface area contributed by atoms with Gasteiger partial charge in [0, 0.05) is 19.0 Å². The Bertz CT molecular complexity index is 561. The van der Waals surface area contributed by atoms with Gasteiger partial charge in [-0.3, -0.25) is 9.59 Å². The molecule has 120 valence electrons. The standard InChI is InChI=1S/C14H15F3N2O3/c15-14(16,17)22-11-4-2-1-3-10(11)13(21)19-9-5-6-12(20)18-8-7-9/h1-4,9H,5-8H2,(H,18,20)(H,19,21). The lowest BCUT2D eigenvalue weighted by atomic mass is 10.1. The van der Waals surface area contributed by atoms with E-state index < -0.39 is 18.0 Å². The summed E-state index contributed by atoms with van der Waals surface area (Å²) >= 11 is 0. The van der Waals surface area contributed by atoms with Crippen molar-refractivity contribution in [3.63, 3.8) is 0 Å². The van der Waals surface area contributed by atoms with E-state index in [2.05, 4.69) is 15.4 Å². The number of para-hydroxylation sites is 1. The van der Waals surface area contributed by atoms with Gasteiger partial charge in [-0.15, -0.1) is 13.2 Å². The van der Waals surface area contributed by atoms with Crippen LogP contribution in [-0.2, 0) is 4.79 Å². The lowest BCUT2D eigenvalue weighted by Gasteiger charge is -2.17. The molecule has 1 aliphatic heterocycles. The second-order valence-corrected chi connectivity index (χ2v) is 4.89. The zero-order valence-electron chi connectivity index (χ0n) is 11.6. The summed E-state index contributed by atoms with van der Waals surface area (Å²) in [5, 5.41) is 5.31. The van der Waals surface area contributed by atoms with Crippen LogP contribution in [0, 0.1) is 0 Å². The van der Waals surface area contributed by atoms with Crippen LogP contribution in [0.3, 0.4) is 0 Å². The summed E-state index contributed by atoms with van der Waals surface area (Å²) in [6, 6.07) is 4.88. The number of carbonyl (C=O) groups is 2. The van der Waals surface area contributed by atoms with Crippen LogP contribution in [0.1, 0.15) is 29.6 Å². The highest BCUT2D eigenvalue weighted by Gasteiger charge is 2.33. The van der Waals surface area contributed by atoms with Gasteiger partial charge in [0.15, 0.2) is 0 Å². The average Bonchev–Trinajstić information content (AvgIpc) is 2.62. The van der Waals surface area contributed by atoms with E-state index in [1.54, 1.807) is 0 Å². The van der Waals surface area contributed by atoms with Crippen LogP contribution in [0.15, 0.2) is 24.3 Å². The Kier molecular flexibility index (Phi) is 4.89. The number of rotatable bonds is 3. The maximum Gasteiger partial charge on any atom is 0.573 e. The van der Waals surface area contributed by atoms with Crippen molar-refractivity contribution in [1.82, 2.24) is 10.6 Å². The van der Waals surface area contributed by atoms with Crippen molar-refractivity contribution >= 4 is 11.8 Å². The molecule has 5 nitrogen and oxygen atoms in total. The van der Waals surface area contributed by atoms with Crippen LogP contribution < -0.4 is 15.4 Å². The molecule has 1 atom stereocenters. The number of carbonyl (C=O) groups excluding carboxylic acids is 2. The number of ether oxygens (including phenoxy) is 1. The number of alkyl halides is 3. The molecule has 22 heavy (non-hydrogen) atoms. The fourth-order valence-electron chi connectivity index (χ4n) is 2.20. The molecule has 1 unspecified atom stereocenters. The van der Waals surface area contributed by atoms with E-state index in [1.165, 1.54) is 18.2 Å². The highest BCUT2D eigenvalue weighted by molar-refractivity contribution is 5.97. The summed E-state index contributed by atoms with van der Waals surface area (Å²) in [7, 11) is 0. The smallest absolute Gasteiger partial charge is 0.405 e. The minimum atomic E-state index is -4.87. The van der Waals surface area contributed by atoms with E-state index >= 15 is 0 Å². The predicted molar refractivity (Wildman–Crippen MR) is 71.2 cm³/mol. The third-order valence-corrected chi connectivity index (χ3v) is 3.23. The zero-order chi connectivity index (χ0) is 16.2. The molecule has 2 N–H and O–H groups in total. The largest absolute Gasteiger partial charge is 0.573 e. The first kappa shape index (κ1) is 16.1. The first-order valence-electron chi connectivity index (χ1n) is 6.77. The van der Waals surface area contributed by atoms with Crippen molar-refractivity contribution in [2.75, 3.05) is 6.54 Å². The monoisotopic (exact) mass is 316 g/mol. The maximum absolute atomic E-state index is 12.3. The number of halogens is 3. The van der Waals surface area contributed by atoms with E-state index in [4.69, 9.17) is 0 Å². The maximum atomic E-state index is 12.3. The summed E-state index contributed by atoms with van der Waals surface area (Å²) in [6.07, 6.45) is -3.62. The number of nitrogens with one attached hydrogen (secondary N) is 2. The molecule has 0 spiro atoms. The van der Waals surface area contributed by atoms with Gasteiger partial charge in [-0.2, -0.15) is 0 Å². The van der Waals surface area contributed by atoms with E-state index in [-0.39, 0.29) is 23.9 Å². The lowest BCUT2D eigenvalue weighted by molar-refractivity contribution is -0.274. The van der Waals surface area contributed by atoms with Crippen LogP contribution in [0.4, 0.5) is 13.2 Å². The van der Waals surface area contributed by atoms with Crippen molar-refractivity contribution in [3.05, 3.63) is 29.8 Å². The quantitative estimate of drug-likeness (QED) is 0.896. The van der Waals surface area contributed by atoms with E-state index in [0.717, 1.165) is 6.07 Å². The molecule has 1 aromatic carbocycles. The lowest BCUT2D eigenvalue weighted by Crippen LogP contribution is -2.35. The highest BCUT2D eigenvalue weighted by Crippen LogP contribution is 2.26. The Hall–Kier alpha value is -2.25. The Morgan fingerprint density at radius 3 is 2.73 bits per heavy atom. The molecular weight excluding hydrogens is 301 g/mol. The minimum absolute atomic E-state index is 0.0995. The van der Waals surface area contributed by atoms with Gasteiger partial charge in [-0.25, -0.2) is 0 Å². The van der Waals surface area contributed by atoms with Gasteiger partial charge in [-0.05, 0) is 25.0 Å². The van der Waals surface area contributed by atoms with Crippen LogP contribution in [0.5, 0.6) is 5.75 Å². The number of benzene rings is 1. The molecular formula is C14H15F3N2O3. The van der Waals surface area contributed by atoms with Crippen molar-refractivity contribution in [2.24, 2.45) is 0 Å². The molecule has 8 heteroatoms. The summed E-state index contributed by atoms with van der Waals surface area (Å²) in [4.78, 5) is 23.4. The van der Waals surface area contributed by atoms with Crippen LogP contribution in [0.25, 0.3) is 0 Å². The Morgan fingerprint density at radius 2 is 2.00 bits per heavy atom. The number of amides is 2. The van der Waals surface area contributed by atoms with Gasteiger partial charge in [0.25, 0.3) is 5.91 Å². The van der Waals surface area contributed by atoms with E-state index in [1.807, 2.05) is 0 Å². The topological polar surface area (TPSA) is 67.4 Å². The summed E-state index contributed by atoms with van der Waals surface area (Å²) in [5.74, 6) is -1.30. The first-order valence-corrected chi connectivity index (χ1v) is 6.77. The highest BCUT2D eigenvalue weighted by atomic mass is 19.4. The number of hydrogen-bond acceptors (Lipinski definition) is 3. The molecule has 0 bridgehead atoms. The van der Waals surface area contributed by atoms with E-state index in [0.29, 0.717) is 19.4 Å². The Morgan fingerprint density at radius 1 is 1.27 bits per heavy atom. The predicted octanol–water partition coefficient (Wildman–Crippen LogP) is 1.98. The van der Waals surface area contributed by atoms with Crippen LogP contribution >= 0.6 is 0 Å². The molecule has 0 saturated carbocycles. The van der Waals surface area contributed by atoms with Gasteiger partial charge in [0.2, 0.25) is 5.91 Å². The SMILES string of the molecule is O=C1CCC(NC(=O)c2ccccc2OC(F)(F)F)CCN1. The Labute approximate surface area is 124 Å². The summed E-state index contributed by atoms with van der Waals surface area (Å²) in [5.41, 5.74) is -0.191. The van der Waals surface area contributed by atoms with E-state index in [9.17, 15) is 22.8 Å². The van der Waals surface area contributed by atoms with Crippen LogP contribution in [-0.4, -0.2) is 30.8 Å². The third-order valence-electron chi connectivity index (χ3n) is 3.23. The molecule has 1 aliphatic rings. The molecule has 1 saturated heterocycles. The summed E-state index contributed by atoms with van der Waals surface area (Å²) in [6.45, 7) is 0.421. The number of hydrogen-bond donors (Lipinski definition) is 2. The van der Waals surface area contributed by atoms with Gasteiger partial charge in [0.1, 0.15) is 5.75 Å². The molecule has 1 heterocycles. The first-order chi connectivity index (χ1) is 10.3. The molecule has 1 aromatic rings. The van der Waals surface area contributed by atoms with Crippen molar-refractivity contribution < 1.29 is 27.5 Å². The Balaban J connectivity index is 2.07.